The quantitative estimate of drug-likeness (QED) is 0.180. The summed E-state index contributed by atoms with van der Waals surface area (Å²) in [5.41, 5.74) is 12.8. The molecule has 0 amide bonds. The van der Waals surface area contributed by atoms with Gasteiger partial charge in [-0.25, -0.2) is 4.99 Å². The normalized spacial score (nSPS) is 13.3. The van der Waals surface area contributed by atoms with Gasteiger partial charge < -0.3 is 4.42 Å². The number of hydrogen-bond acceptors (Lipinski definition) is 2. The van der Waals surface area contributed by atoms with E-state index in [-0.39, 0.29) is 0 Å². The number of fused-ring (bicyclic) bond motifs is 5. The molecule has 0 unspecified atom stereocenters. The lowest BCUT2D eigenvalue weighted by atomic mass is 9.94. The van der Waals surface area contributed by atoms with E-state index in [4.69, 9.17) is 9.41 Å². The van der Waals surface area contributed by atoms with Crippen LogP contribution in [0.3, 0.4) is 0 Å². The Labute approximate surface area is 302 Å². The lowest BCUT2D eigenvalue weighted by molar-refractivity contribution is 0.670. The summed E-state index contributed by atoms with van der Waals surface area (Å²) < 4.78 is 6.89. The molecule has 0 radical (unpaired) electrons. The molecule has 0 N–H and O–H groups in total. The Kier molecular flexibility index (Phi) is 7.25. The van der Waals surface area contributed by atoms with Crippen LogP contribution in [0.25, 0.3) is 77.0 Å². The fourth-order valence-corrected chi connectivity index (χ4v) is 7.64. The van der Waals surface area contributed by atoms with Gasteiger partial charge in [0.2, 0.25) is 0 Å². The fourth-order valence-electron chi connectivity index (χ4n) is 7.64. The monoisotopic (exact) mass is 663 g/mol. The van der Waals surface area contributed by atoms with Crippen molar-refractivity contribution in [3.8, 4) is 22.3 Å². The van der Waals surface area contributed by atoms with E-state index in [9.17, 15) is 0 Å². The molecule has 0 aliphatic carbocycles. The number of rotatable bonds is 5. The maximum absolute atomic E-state index is 6.89. The molecule has 8 aromatic carbocycles. The van der Waals surface area contributed by atoms with Crippen LogP contribution >= 0.6 is 0 Å². The van der Waals surface area contributed by atoms with E-state index in [1.54, 1.807) is 0 Å². The third-order valence-corrected chi connectivity index (χ3v) is 10.3. The standard InChI is InChI=1S/C50H33NO/c1-3-11-33(12-4-1)42-25-28-46(51-47(31-42)37-14-5-2-6-15-37)44-27-26-43(50-49(44)45-30-39-17-9-10-18-40(39)32-48(45)52-50)36-22-19-35(20-23-36)41-24-21-34-13-7-8-16-38(34)29-41/h1-24,26-32H,25H2. The first-order chi connectivity index (χ1) is 25.7. The summed E-state index contributed by atoms with van der Waals surface area (Å²) in [7, 11) is 0. The molecule has 0 fully saturated rings. The molecule has 1 aliphatic heterocycles. The van der Waals surface area contributed by atoms with Crippen LogP contribution in [0.5, 0.6) is 0 Å². The van der Waals surface area contributed by atoms with E-state index in [2.05, 4.69) is 188 Å². The van der Waals surface area contributed by atoms with E-state index in [0.29, 0.717) is 0 Å². The molecule has 1 aromatic heterocycles. The van der Waals surface area contributed by atoms with Gasteiger partial charge in [-0.05, 0) is 86.1 Å². The molecular weight excluding hydrogens is 631 g/mol. The van der Waals surface area contributed by atoms with E-state index >= 15 is 0 Å². The fraction of sp³-hybridized carbons (Fsp3) is 0.0200. The predicted octanol–water partition coefficient (Wildman–Crippen LogP) is 13.5. The minimum atomic E-state index is 0.761. The third kappa shape index (κ3) is 5.33. The van der Waals surface area contributed by atoms with Crippen molar-refractivity contribution in [2.24, 2.45) is 4.99 Å². The Balaban J connectivity index is 1.15. The zero-order chi connectivity index (χ0) is 34.4. The Hall–Kier alpha value is -6.77. The summed E-state index contributed by atoms with van der Waals surface area (Å²) in [5.74, 6) is 0. The molecule has 2 nitrogen and oxygen atoms in total. The van der Waals surface area contributed by atoms with Crippen LogP contribution in [-0.4, -0.2) is 5.71 Å². The van der Waals surface area contributed by atoms with Crippen molar-refractivity contribution in [2.45, 2.75) is 6.42 Å². The van der Waals surface area contributed by atoms with Crippen molar-refractivity contribution < 1.29 is 4.42 Å². The van der Waals surface area contributed by atoms with Crippen molar-refractivity contribution in [1.82, 2.24) is 0 Å². The van der Waals surface area contributed by atoms with Gasteiger partial charge in [-0.1, -0.05) is 158 Å². The highest BCUT2D eigenvalue weighted by atomic mass is 16.3. The van der Waals surface area contributed by atoms with E-state index in [1.807, 2.05) is 0 Å². The first kappa shape index (κ1) is 30.1. The van der Waals surface area contributed by atoms with Crippen LogP contribution in [0, 0.1) is 0 Å². The number of benzene rings is 8. The predicted molar refractivity (Wildman–Crippen MR) is 220 cm³/mol. The van der Waals surface area contributed by atoms with Crippen molar-refractivity contribution in [3.05, 3.63) is 205 Å². The van der Waals surface area contributed by atoms with Crippen molar-refractivity contribution in [3.63, 3.8) is 0 Å². The van der Waals surface area contributed by atoms with E-state index in [0.717, 1.165) is 67.4 Å². The van der Waals surface area contributed by atoms with Gasteiger partial charge >= 0.3 is 0 Å². The third-order valence-electron chi connectivity index (χ3n) is 10.3. The summed E-state index contributed by atoms with van der Waals surface area (Å²) in [4.78, 5) is 5.42. The first-order valence-electron chi connectivity index (χ1n) is 17.8. The molecular formula is C50H33NO. The molecule has 0 saturated heterocycles. The number of hydrogen-bond donors (Lipinski definition) is 0. The van der Waals surface area contributed by atoms with Gasteiger partial charge in [-0.15, -0.1) is 0 Å². The SMILES string of the molecule is C1=C(c2ccccc2)CC=C(c2ccc(-c3ccc(-c4ccc5ccccc5c4)cc3)c3oc4cc5ccccc5cc4c23)N=C1c1ccccc1. The lowest BCUT2D eigenvalue weighted by Crippen LogP contribution is -1.98. The second-order valence-electron chi connectivity index (χ2n) is 13.5. The van der Waals surface area contributed by atoms with Gasteiger partial charge in [-0.2, -0.15) is 0 Å². The Morgan fingerprint density at radius 3 is 1.79 bits per heavy atom. The van der Waals surface area contributed by atoms with Crippen LogP contribution in [0.2, 0.25) is 0 Å². The smallest absolute Gasteiger partial charge is 0.143 e. The van der Waals surface area contributed by atoms with Gasteiger partial charge in [0, 0.05) is 27.5 Å². The van der Waals surface area contributed by atoms with Gasteiger partial charge in [0.25, 0.3) is 0 Å². The number of furan rings is 1. The Bertz CT molecular complexity index is 2890. The molecule has 0 bridgehead atoms. The van der Waals surface area contributed by atoms with Crippen molar-refractivity contribution in [1.29, 1.82) is 0 Å². The topological polar surface area (TPSA) is 25.5 Å². The minimum Gasteiger partial charge on any atom is -0.455 e. The lowest BCUT2D eigenvalue weighted by Gasteiger charge is -2.11. The van der Waals surface area contributed by atoms with Gasteiger partial charge in [-0.3, -0.25) is 0 Å². The average Bonchev–Trinajstić information content (AvgIpc) is 3.43. The van der Waals surface area contributed by atoms with Crippen molar-refractivity contribution in [2.75, 3.05) is 0 Å². The summed E-state index contributed by atoms with van der Waals surface area (Å²) in [6.45, 7) is 0. The van der Waals surface area contributed by atoms with Gasteiger partial charge in [0.1, 0.15) is 11.2 Å². The summed E-state index contributed by atoms with van der Waals surface area (Å²) in [5, 5.41) is 7.02. The zero-order valence-electron chi connectivity index (χ0n) is 28.5. The molecule has 9 aromatic rings. The van der Waals surface area contributed by atoms with E-state index < -0.39 is 0 Å². The molecule has 10 rings (SSSR count). The molecule has 1 aliphatic rings. The summed E-state index contributed by atoms with van der Waals surface area (Å²) in [6, 6.07) is 62.6. The van der Waals surface area contributed by atoms with Gasteiger partial charge in [0.15, 0.2) is 0 Å². The maximum Gasteiger partial charge on any atom is 0.143 e. The van der Waals surface area contributed by atoms with Crippen LogP contribution < -0.4 is 0 Å². The molecule has 0 saturated carbocycles. The van der Waals surface area contributed by atoms with Crippen LogP contribution in [0.15, 0.2) is 197 Å². The number of nitrogens with zero attached hydrogens (tertiary/aromatic N) is 1. The molecule has 0 spiro atoms. The summed E-state index contributed by atoms with van der Waals surface area (Å²) in [6.07, 6.45) is 5.29. The molecule has 244 valence electrons. The molecule has 2 heterocycles. The largest absolute Gasteiger partial charge is 0.455 e. The van der Waals surface area contributed by atoms with E-state index in [1.165, 1.54) is 38.4 Å². The number of aliphatic imine (C=N–C) groups is 1. The first-order valence-corrected chi connectivity index (χ1v) is 17.8. The number of allylic oxidation sites excluding steroid dienone is 3. The highest BCUT2D eigenvalue weighted by molar-refractivity contribution is 6.19. The minimum absolute atomic E-state index is 0.761. The molecule has 0 atom stereocenters. The maximum atomic E-state index is 6.89. The summed E-state index contributed by atoms with van der Waals surface area (Å²) >= 11 is 0. The molecule has 2 heteroatoms. The Morgan fingerprint density at radius 1 is 0.442 bits per heavy atom. The zero-order valence-corrected chi connectivity index (χ0v) is 28.5. The molecule has 52 heavy (non-hydrogen) atoms. The second kappa shape index (κ2) is 12.5. The average molecular weight is 664 g/mol. The van der Waals surface area contributed by atoms with Gasteiger partial charge in [0.05, 0.1) is 11.4 Å². The Morgan fingerprint density at radius 2 is 1.04 bits per heavy atom. The highest BCUT2D eigenvalue weighted by Gasteiger charge is 2.21. The van der Waals surface area contributed by atoms with Crippen LogP contribution in [0.4, 0.5) is 0 Å². The van der Waals surface area contributed by atoms with Crippen LogP contribution in [-0.2, 0) is 0 Å². The van der Waals surface area contributed by atoms with Crippen molar-refractivity contribution >= 4 is 60.5 Å². The van der Waals surface area contributed by atoms with Crippen LogP contribution in [0.1, 0.15) is 23.1 Å². The second-order valence-corrected chi connectivity index (χ2v) is 13.5. The highest BCUT2D eigenvalue weighted by Crippen LogP contribution is 2.43.